The predicted molar refractivity (Wildman–Crippen MR) is 66.0 cm³/mol. The first kappa shape index (κ1) is 11.7. The van der Waals surface area contributed by atoms with Gasteiger partial charge in [0.1, 0.15) is 13.5 Å². The van der Waals surface area contributed by atoms with Crippen molar-refractivity contribution >= 4 is 44.9 Å². The van der Waals surface area contributed by atoms with E-state index in [1.54, 1.807) is 25.3 Å². The zero-order valence-electron chi connectivity index (χ0n) is 8.51. The van der Waals surface area contributed by atoms with E-state index in [1.807, 2.05) is 0 Å². The molecule has 0 aliphatic heterocycles. The van der Waals surface area contributed by atoms with Crippen LogP contribution in [0.3, 0.4) is 0 Å². The summed E-state index contributed by atoms with van der Waals surface area (Å²) in [5.41, 5.74) is 0.563. The fourth-order valence-corrected chi connectivity index (χ4v) is 2.88. The Morgan fingerprint density at radius 1 is 1.50 bits per heavy atom. The van der Waals surface area contributed by atoms with E-state index in [9.17, 15) is 8.42 Å². The molecule has 2 radical (unpaired) electrons. The van der Waals surface area contributed by atoms with E-state index >= 15 is 0 Å². The average molecular weight is 299 g/mol. The summed E-state index contributed by atoms with van der Waals surface area (Å²) in [5.74, 6) is -0.00247. The zero-order valence-corrected chi connectivity index (χ0v) is 10.9. The lowest BCUT2D eigenvalue weighted by atomic mass is 10.1. The van der Waals surface area contributed by atoms with Gasteiger partial charge in [-0.3, -0.25) is 4.40 Å². The highest BCUT2D eigenvalue weighted by Crippen LogP contribution is 2.16. The second-order valence-corrected chi connectivity index (χ2v) is 6.39. The number of fused-ring (bicyclic) bond motifs is 1. The number of imidazole rings is 1. The summed E-state index contributed by atoms with van der Waals surface area (Å²) < 4.78 is 26.0. The highest BCUT2D eigenvalue weighted by molar-refractivity contribution is 9.10. The summed E-state index contributed by atoms with van der Waals surface area (Å²) in [6.45, 7) is 1.58. The molecule has 0 saturated heterocycles. The van der Waals surface area contributed by atoms with Gasteiger partial charge < -0.3 is 0 Å². The van der Waals surface area contributed by atoms with Crippen molar-refractivity contribution in [1.82, 2.24) is 9.38 Å². The molecule has 0 unspecified atom stereocenters. The number of hydrogen-bond acceptors (Lipinski definition) is 3. The monoisotopic (exact) mass is 298 g/mol. The lowest BCUT2D eigenvalue weighted by Gasteiger charge is -2.03. The van der Waals surface area contributed by atoms with Crippen LogP contribution in [0, 0.1) is 0 Å². The molecule has 7 heteroatoms. The molecular formula is C9H8BBrN2O2S. The maximum Gasteiger partial charge on any atom is 0.194 e. The smallest absolute Gasteiger partial charge is 0.194 e. The van der Waals surface area contributed by atoms with Crippen molar-refractivity contribution in [3.63, 3.8) is 0 Å². The van der Waals surface area contributed by atoms with Gasteiger partial charge in [-0.25, -0.2) is 13.4 Å². The second-order valence-electron chi connectivity index (χ2n) is 3.28. The number of rotatable bonds is 2. The van der Waals surface area contributed by atoms with Gasteiger partial charge in [-0.1, -0.05) is 6.92 Å². The number of hydrogen-bond donors (Lipinski definition) is 0. The van der Waals surface area contributed by atoms with Gasteiger partial charge in [0.05, 0.1) is 5.75 Å². The van der Waals surface area contributed by atoms with Crippen LogP contribution in [-0.2, 0) is 9.84 Å². The Balaban J connectivity index is 2.88. The van der Waals surface area contributed by atoms with Crippen molar-refractivity contribution in [2.24, 2.45) is 0 Å². The molecule has 0 aliphatic carbocycles. The molecule has 0 amide bonds. The molecule has 2 aromatic heterocycles. The predicted octanol–water partition coefficient (Wildman–Crippen LogP) is 0.684. The molecule has 0 aromatic carbocycles. The standard InChI is InChI=1S/C9H8BBrN2O2S/c1-2-16(14,15)9-8(10)12-7-4-3-6(11)5-13(7)9/h3-5H,2H2,1H3. The first-order valence-electron chi connectivity index (χ1n) is 4.61. The molecule has 0 N–H and O–H groups in total. The molecule has 16 heavy (non-hydrogen) atoms. The van der Waals surface area contributed by atoms with Crippen LogP contribution >= 0.6 is 15.9 Å². The maximum absolute atomic E-state index is 11.9. The van der Waals surface area contributed by atoms with Crippen LogP contribution in [0.2, 0.25) is 0 Å². The number of nitrogens with zero attached hydrogens (tertiary/aromatic N) is 2. The quantitative estimate of drug-likeness (QED) is 0.766. The van der Waals surface area contributed by atoms with Crippen molar-refractivity contribution in [3.05, 3.63) is 22.8 Å². The molecular weight excluding hydrogens is 291 g/mol. The topological polar surface area (TPSA) is 51.4 Å². The van der Waals surface area contributed by atoms with Crippen LogP contribution in [0.1, 0.15) is 6.92 Å². The van der Waals surface area contributed by atoms with Gasteiger partial charge in [0.15, 0.2) is 14.9 Å². The minimum atomic E-state index is -3.37. The van der Waals surface area contributed by atoms with E-state index in [4.69, 9.17) is 7.85 Å². The minimum Gasteiger partial charge on any atom is -0.290 e. The van der Waals surface area contributed by atoms with Crippen molar-refractivity contribution < 1.29 is 8.42 Å². The third kappa shape index (κ3) is 1.78. The van der Waals surface area contributed by atoms with E-state index in [-0.39, 0.29) is 16.4 Å². The Morgan fingerprint density at radius 3 is 2.81 bits per heavy atom. The van der Waals surface area contributed by atoms with E-state index in [0.717, 1.165) is 4.47 Å². The number of pyridine rings is 1. The van der Waals surface area contributed by atoms with E-state index in [1.165, 1.54) is 4.40 Å². The lowest BCUT2D eigenvalue weighted by molar-refractivity contribution is 0.593. The summed E-state index contributed by atoms with van der Waals surface area (Å²) >= 11 is 3.28. The molecule has 2 heterocycles. The second kappa shape index (κ2) is 3.89. The van der Waals surface area contributed by atoms with E-state index < -0.39 is 9.84 Å². The maximum atomic E-state index is 11.9. The van der Waals surface area contributed by atoms with Gasteiger partial charge in [0, 0.05) is 16.3 Å². The SMILES string of the molecule is [B]c1nc2ccc(Br)cn2c1S(=O)(=O)CC. The Bertz CT molecular complexity index is 651. The van der Waals surface area contributed by atoms with Gasteiger partial charge in [-0.05, 0) is 28.1 Å². The zero-order chi connectivity index (χ0) is 11.9. The van der Waals surface area contributed by atoms with E-state index in [0.29, 0.717) is 5.65 Å². The molecule has 0 atom stereocenters. The average Bonchev–Trinajstić information content (AvgIpc) is 2.54. The lowest BCUT2D eigenvalue weighted by Crippen LogP contribution is -2.18. The fourth-order valence-electron chi connectivity index (χ4n) is 1.46. The third-order valence-electron chi connectivity index (χ3n) is 2.24. The summed E-state index contributed by atoms with van der Waals surface area (Å²) in [7, 11) is 2.26. The van der Waals surface area contributed by atoms with Crippen LogP contribution in [0.5, 0.6) is 0 Å². The first-order chi connectivity index (χ1) is 7.45. The molecule has 2 rings (SSSR count). The Morgan fingerprint density at radius 2 is 2.19 bits per heavy atom. The van der Waals surface area contributed by atoms with E-state index in [2.05, 4.69) is 20.9 Å². The molecule has 4 nitrogen and oxygen atoms in total. The van der Waals surface area contributed by atoms with Crippen LogP contribution in [0.15, 0.2) is 27.8 Å². The van der Waals surface area contributed by atoms with Gasteiger partial charge in [0.25, 0.3) is 0 Å². The largest absolute Gasteiger partial charge is 0.290 e. The molecule has 2 aromatic rings. The van der Waals surface area contributed by atoms with Gasteiger partial charge in [-0.15, -0.1) is 0 Å². The molecule has 0 saturated carbocycles. The van der Waals surface area contributed by atoms with Crippen LogP contribution < -0.4 is 5.59 Å². The molecule has 0 fully saturated rings. The van der Waals surface area contributed by atoms with Crippen molar-refractivity contribution in [2.45, 2.75) is 11.9 Å². The summed E-state index contributed by atoms with van der Waals surface area (Å²) in [6, 6.07) is 3.49. The van der Waals surface area contributed by atoms with Crippen molar-refractivity contribution in [2.75, 3.05) is 5.75 Å². The van der Waals surface area contributed by atoms with Crippen LogP contribution in [0.25, 0.3) is 5.65 Å². The third-order valence-corrected chi connectivity index (χ3v) is 4.46. The van der Waals surface area contributed by atoms with Crippen LogP contribution in [0.4, 0.5) is 0 Å². The van der Waals surface area contributed by atoms with Crippen LogP contribution in [-0.4, -0.2) is 31.4 Å². The van der Waals surface area contributed by atoms with Crippen molar-refractivity contribution in [1.29, 1.82) is 0 Å². The minimum absolute atomic E-state index is 0.00247. The highest BCUT2D eigenvalue weighted by Gasteiger charge is 2.20. The fraction of sp³-hybridized carbons (Fsp3) is 0.222. The summed E-state index contributed by atoms with van der Waals surface area (Å²) in [4.78, 5) is 4.01. The Kier molecular flexibility index (Phi) is 2.83. The molecule has 82 valence electrons. The van der Waals surface area contributed by atoms with Crippen molar-refractivity contribution in [3.8, 4) is 0 Å². The number of sulfone groups is 1. The molecule has 0 bridgehead atoms. The summed E-state index contributed by atoms with van der Waals surface area (Å²) in [5, 5.41) is 0.0614. The van der Waals surface area contributed by atoms with Gasteiger partial charge in [0.2, 0.25) is 0 Å². The summed E-state index contributed by atoms with van der Waals surface area (Å²) in [6.07, 6.45) is 1.64. The Labute approximate surface area is 103 Å². The first-order valence-corrected chi connectivity index (χ1v) is 7.06. The molecule has 0 aliphatic rings. The molecule has 0 spiro atoms. The normalized spacial score (nSPS) is 12.1. The number of aromatic nitrogens is 2. The highest BCUT2D eigenvalue weighted by atomic mass is 79.9. The van der Waals surface area contributed by atoms with Gasteiger partial charge >= 0.3 is 0 Å². The Hall–Kier alpha value is -0.815. The number of halogens is 1. The van der Waals surface area contributed by atoms with Gasteiger partial charge in [-0.2, -0.15) is 0 Å².